The van der Waals surface area contributed by atoms with E-state index in [4.69, 9.17) is 20.8 Å². The molecule has 0 bridgehead atoms. The van der Waals surface area contributed by atoms with E-state index in [0.29, 0.717) is 34.2 Å². The molecular formula is C19H19ClN2O4. The molecule has 0 saturated heterocycles. The number of nitrogens with one attached hydrogen (secondary N) is 1. The van der Waals surface area contributed by atoms with Crippen molar-refractivity contribution in [2.24, 2.45) is 0 Å². The maximum absolute atomic E-state index is 12.3. The molecule has 1 amide bonds. The lowest BCUT2D eigenvalue weighted by Crippen LogP contribution is -2.20. The molecule has 0 atom stereocenters. The first kappa shape index (κ1) is 18.1. The van der Waals surface area contributed by atoms with Crippen molar-refractivity contribution in [3.8, 4) is 5.75 Å². The van der Waals surface area contributed by atoms with Gasteiger partial charge >= 0.3 is 5.76 Å². The molecule has 0 aliphatic carbocycles. The number of anilines is 1. The average molecular weight is 375 g/mol. The molecule has 0 unspecified atom stereocenters. The van der Waals surface area contributed by atoms with Gasteiger partial charge in [-0.2, -0.15) is 0 Å². The van der Waals surface area contributed by atoms with Gasteiger partial charge in [0, 0.05) is 18.0 Å². The summed E-state index contributed by atoms with van der Waals surface area (Å²) >= 11 is 6.01. The molecule has 1 aromatic heterocycles. The fourth-order valence-corrected chi connectivity index (χ4v) is 2.76. The SMILES string of the molecule is CCCOc1ccc(Cl)cc1NC(=O)CCn1c(=O)oc2ccccc21. The van der Waals surface area contributed by atoms with Gasteiger partial charge in [0.25, 0.3) is 0 Å². The van der Waals surface area contributed by atoms with E-state index in [2.05, 4.69) is 5.32 Å². The van der Waals surface area contributed by atoms with Gasteiger partial charge in [0.1, 0.15) is 5.75 Å². The Morgan fingerprint density at radius 2 is 2.08 bits per heavy atom. The Morgan fingerprint density at radius 3 is 2.88 bits per heavy atom. The molecule has 0 aliphatic heterocycles. The zero-order chi connectivity index (χ0) is 18.5. The van der Waals surface area contributed by atoms with Crippen LogP contribution in [0.4, 0.5) is 5.69 Å². The van der Waals surface area contributed by atoms with Crippen LogP contribution in [0.2, 0.25) is 5.02 Å². The van der Waals surface area contributed by atoms with Crippen LogP contribution in [0.1, 0.15) is 19.8 Å². The summed E-state index contributed by atoms with van der Waals surface area (Å²) in [5.41, 5.74) is 1.68. The van der Waals surface area contributed by atoms with Crippen molar-refractivity contribution >= 4 is 34.3 Å². The Kier molecular flexibility index (Phi) is 5.63. The molecule has 3 aromatic rings. The summed E-state index contributed by atoms with van der Waals surface area (Å²) in [6.45, 7) is 2.76. The number of aromatic nitrogens is 1. The lowest BCUT2D eigenvalue weighted by Gasteiger charge is -2.12. The lowest BCUT2D eigenvalue weighted by molar-refractivity contribution is -0.116. The molecule has 136 valence electrons. The Hall–Kier alpha value is -2.73. The predicted molar refractivity (Wildman–Crippen MR) is 101 cm³/mol. The van der Waals surface area contributed by atoms with Crippen molar-refractivity contribution in [3.63, 3.8) is 0 Å². The third-order valence-corrected chi connectivity index (χ3v) is 4.05. The van der Waals surface area contributed by atoms with Crippen molar-refractivity contribution in [3.05, 3.63) is 58.0 Å². The van der Waals surface area contributed by atoms with Crippen LogP contribution in [-0.2, 0) is 11.3 Å². The number of rotatable bonds is 7. The molecule has 1 heterocycles. The number of hydrogen-bond donors (Lipinski definition) is 1. The van der Waals surface area contributed by atoms with Crippen LogP contribution in [0.15, 0.2) is 51.7 Å². The number of benzene rings is 2. The molecule has 0 aliphatic rings. The minimum absolute atomic E-state index is 0.114. The number of carbonyl (C=O) groups excluding carboxylic acids is 1. The largest absolute Gasteiger partial charge is 0.491 e. The number of halogens is 1. The third kappa shape index (κ3) is 4.08. The van der Waals surface area contributed by atoms with E-state index in [-0.39, 0.29) is 18.9 Å². The number of carbonyl (C=O) groups is 1. The number of oxazole rings is 1. The minimum atomic E-state index is -0.478. The summed E-state index contributed by atoms with van der Waals surface area (Å²) in [6.07, 6.45) is 0.968. The molecule has 0 radical (unpaired) electrons. The summed E-state index contributed by atoms with van der Waals surface area (Å²) in [5, 5.41) is 3.30. The second-order valence-corrected chi connectivity index (χ2v) is 6.21. The number of nitrogens with zero attached hydrogens (tertiary/aromatic N) is 1. The zero-order valence-corrected chi connectivity index (χ0v) is 15.1. The standard InChI is InChI=1S/C19H19ClN2O4/c1-2-11-25-16-8-7-13(20)12-14(16)21-18(23)9-10-22-15-5-3-4-6-17(15)26-19(22)24/h3-8,12H,2,9-11H2,1H3,(H,21,23). The number of aryl methyl sites for hydroxylation is 1. The predicted octanol–water partition coefficient (Wildman–Crippen LogP) is 4.07. The van der Waals surface area contributed by atoms with Crippen LogP contribution in [0, 0.1) is 0 Å². The van der Waals surface area contributed by atoms with Crippen molar-refractivity contribution < 1.29 is 13.9 Å². The summed E-state index contributed by atoms with van der Waals surface area (Å²) in [5.74, 6) is -0.157. The van der Waals surface area contributed by atoms with Crippen LogP contribution >= 0.6 is 11.6 Å². The van der Waals surface area contributed by atoms with Gasteiger partial charge in [0.05, 0.1) is 17.8 Å². The highest BCUT2D eigenvalue weighted by atomic mass is 35.5. The van der Waals surface area contributed by atoms with E-state index in [1.165, 1.54) is 4.57 Å². The topological polar surface area (TPSA) is 73.5 Å². The summed E-state index contributed by atoms with van der Waals surface area (Å²) in [4.78, 5) is 24.3. The Balaban J connectivity index is 1.70. The molecule has 3 rings (SSSR count). The number of hydrogen-bond acceptors (Lipinski definition) is 4. The molecule has 0 fully saturated rings. The smallest absolute Gasteiger partial charge is 0.419 e. The first-order chi connectivity index (χ1) is 12.6. The van der Waals surface area contributed by atoms with Gasteiger partial charge in [0.15, 0.2) is 5.58 Å². The zero-order valence-electron chi connectivity index (χ0n) is 14.3. The van der Waals surface area contributed by atoms with E-state index in [1.54, 1.807) is 36.4 Å². The van der Waals surface area contributed by atoms with Crippen LogP contribution in [0.25, 0.3) is 11.1 Å². The van der Waals surface area contributed by atoms with E-state index < -0.39 is 5.76 Å². The van der Waals surface area contributed by atoms with Gasteiger partial charge in [-0.15, -0.1) is 0 Å². The summed E-state index contributed by atoms with van der Waals surface area (Å²) in [6, 6.07) is 12.2. The second-order valence-electron chi connectivity index (χ2n) is 5.77. The van der Waals surface area contributed by atoms with Gasteiger partial charge in [-0.1, -0.05) is 30.7 Å². The Labute approximate surface area is 155 Å². The third-order valence-electron chi connectivity index (χ3n) is 3.81. The molecule has 6 nitrogen and oxygen atoms in total. The molecule has 0 spiro atoms. The van der Waals surface area contributed by atoms with Crippen LogP contribution in [0.5, 0.6) is 5.75 Å². The van der Waals surface area contributed by atoms with E-state index in [1.807, 2.05) is 13.0 Å². The number of amides is 1. The van der Waals surface area contributed by atoms with E-state index in [0.717, 1.165) is 6.42 Å². The lowest BCUT2D eigenvalue weighted by atomic mass is 10.2. The fourth-order valence-electron chi connectivity index (χ4n) is 2.59. The van der Waals surface area contributed by atoms with Crippen molar-refractivity contribution in [2.45, 2.75) is 26.3 Å². The Morgan fingerprint density at radius 1 is 1.27 bits per heavy atom. The summed E-state index contributed by atoms with van der Waals surface area (Å²) < 4.78 is 12.2. The van der Waals surface area contributed by atoms with Crippen LogP contribution in [-0.4, -0.2) is 17.1 Å². The van der Waals surface area contributed by atoms with Gasteiger partial charge in [-0.25, -0.2) is 4.79 Å². The molecule has 7 heteroatoms. The molecule has 0 saturated carbocycles. The van der Waals surface area contributed by atoms with Crippen molar-refractivity contribution in [1.82, 2.24) is 4.57 Å². The van der Waals surface area contributed by atoms with Crippen molar-refractivity contribution in [2.75, 3.05) is 11.9 Å². The number of fused-ring (bicyclic) bond motifs is 1. The maximum Gasteiger partial charge on any atom is 0.419 e. The average Bonchev–Trinajstić information content (AvgIpc) is 2.94. The molecule has 26 heavy (non-hydrogen) atoms. The van der Waals surface area contributed by atoms with Crippen molar-refractivity contribution in [1.29, 1.82) is 0 Å². The first-order valence-corrected chi connectivity index (χ1v) is 8.77. The normalized spacial score (nSPS) is 10.8. The minimum Gasteiger partial charge on any atom is -0.491 e. The highest BCUT2D eigenvalue weighted by molar-refractivity contribution is 6.31. The molecular weight excluding hydrogens is 356 g/mol. The fraction of sp³-hybridized carbons (Fsp3) is 0.263. The molecule has 1 N–H and O–H groups in total. The van der Waals surface area contributed by atoms with Crippen LogP contribution in [0.3, 0.4) is 0 Å². The van der Waals surface area contributed by atoms with Gasteiger partial charge in [-0.05, 0) is 36.8 Å². The Bertz CT molecular complexity index is 977. The van der Waals surface area contributed by atoms with Gasteiger partial charge in [-0.3, -0.25) is 9.36 Å². The van der Waals surface area contributed by atoms with E-state index in [9.17, 15) is 9.59 Å². The quantitative estimate of drug-likeness (QED) is 0.676. The highest BCUT2D eigenvalue weighted by Gasteiger charge is 2.12. The first-order valence-electron chi connectivity index (χ1n) is 8.39. The maximum atomic E-state index is 12.3. The highest BCUT2D eigenvalue weighted by Crippen LogP contribution is 2.28. The van der Waals surface area contributed by atoms with E-state index >= 15 is 0 Å². The molecule has 2 aromatic carbocycles. The van der Waals surface area contributed by atoms with Crippen LogP contribution < -0.4 is 15.8 Å². The monoisotopic (exact) mass is 374 g/mol. The number of ether oxygens (including phenoxy) is 1. The van der Waals surface area contributed by atoms with Gasteiger partial charge in [0.2, 0.25) is 5.91 Å². The second kappa shape index (κ2) is 8.10. The number of para-hydroxylation sites is 2. The van der Waals surface area contributed by atoms with Gasteiger partial charge < -0.3 is 14.5 Å². The summed E-state index contributed by atoms with van der Waals surface area (Å²) in [7, 11) is 0.